The molecule has 1 atom stereocenters. The van der Waals surface area contributed by atoms with Crippen LogP contribution in [0.2, 0.25) is 0 Å². The van der Waals surface area contributed by atoms with Crippen LogP contribution in [0.3, 0.4) is 0 Å². The van der Waals surface area contributed by atoms with Crippen molar-refractivity contribution in [3.63, 3.8) is 0 Å². The Kier molecular flexibility index (Phi) is 3.45. The first-order chi connectivity index (χ1) is 11.6. The van der Waals surface area contributed by atoms with Gasteiger partial charge in [-0.05, 0) is 18.6 Å². The summed E-state index contributed by atoms with van der Waals surface area (Å²) in [5, 5.41) is 7.40. The highest BCUT2D eigenvalue weighted by Crippen LogP contribution is 2.34. The normalized spacial score (nSPS) is 17.3. The van der Waals surface area contributed by atoms with Crippen LogP contribution in [-0.4, -0.2) is 21.6 Å². The number of benzene rings is 2. The quantitative estimate of drug-likeness (QED) is 0.757. The third-order valence-corrected chi connectivity index (χ3v) is 4.60. The Bertz CT molecular complexity index is 937. The predicted octanol–water partition coefficient (Wildman–Crippen LogP) is 4.17. The fourth-order valence-electron chi connectivity index (χ4n) is 3.32. The lowest BCUT2D eigenvalue weighted by molar-refractivity contribution is -0.130. The van der Waals surface area contributed by atoms with Gasteiger partial charge in [0.15, 0.2) is 0 Å². The zero-order chi connectivity index (χ0) is 16.7. The Labute approximate surface area is 140 Å². The van der Waals surface area contributed by atoms with Crippen molar-refractivity contribution in [2.75, 3.05) is 0 Å². The first-order valence-electron chi connectivity index (χ1n) is 8.14. The number of hydrogen-bond donors (Lipinski definition) is 1. The Morgan fingerprint density at radius 1 is 1.17 bits per heavy atom. The molecule has 1 aliphatic heterocycles. The van der Waals surface area contributed by atoms with Gasteiger partial charge in [0.1, 0.15) is 0 Å². The summed E-state index contributed by atoms with van der Waals surface area (Å²) in [7, 11) is 0. The smallest absolute Gasteiger partial charge is 0.240 e. The Hall–Kier alpha value is -2.88. The molecular formula is C20H19N3O. The van der Waals surface area contributed by atoms with Crippen molar-refractivity contribution in [3.05, 3.63) is 71.4 Å². The highest BCUT2D eigenvalue weighted by Gasteiger charge is 2.32. The molecule has 0 aliphatic carbocycles. The SMILES string of the molecule is CC(=O)N1N=C(c2c[nH]c3ccccc23)CC1c1ccc(C)cc1. The van der Waals surface area contributed by atoms with E-state index in [0.717, 1.165) is 34.2 Å². The molecule has 1 N–H and O–H groups in total. The van der Waals surface area contributed by atoms with E-state index < -0.39 is 0 Å². The standard InChI is InChI=1S/C20H19N3O/c1-13-7-9-15(10-8-13)20-11-19(22-23(20)14(2)24)17-12-21-18-6-4-3-5-16(17)18/h3-10,12,20-21H,11H2,1-2H3. The van der Waals surface area contributed by atoms with E-state index in [-0.39, 0.29) is 11.9 Å². The highest BCUT2D eigenvalue weighted by atomic mass is 16.2. The fraction of sp³-hybridized carbons (Fsp3) is 0.200. The lowest BCUT2D eigenvalue weighted by atomic mass is 9.97. The molecule has 120 valence electrons. The fourth-order valence-corrected chi connectivity index (χ4v) is 3.32. The van der Waals surface area contributed by atoms with Crippen LogP contribution < -0.4 is 0 Å². The van der Waals surface area contributed by atoms with Gasteiger partial charge in [-0.3, -0.25) is 4.79 Å². The molecule has 4 heteroatoms. The molecule has 0 spiro atoms. The lowest BCUT2D eigenvalue weighted by Gasteiger charge is -2.20. The van der Waals surface area contributed by atoms with Gasteiger partial charge in [0.2, 0.25) is 5.91 Å². The van der Waals surface area contributed by atoms with Crippen LogP contribution in [0.25, 0.3) is 10.9 Å². The number of amides is 1. The van der Waals surface area contributed by atoms with Gasteiger partial charge in [0, 0.05) is 36.0 Å². The largest absolute Gasteiger partial charge is 0.360 e. The number of fused-ring (bicyclic) bond motifs is 1. The molecule has 4 rings (SSSR count). The number of rotatable bonds is 2. The van der Waals surface area contributed by atoms with Crippen LogP contribution in [0.15, 0.2) is 59.8 Å². The summed E-state index contributed by atoms with van der Waals surface area (Å²) >= 11 is 0. The monoisotopic (exact) mass is 317 g/mol. The zero-order valence-electron chi connectivity index (χ0n) is 13.8. The molecule has 0 radical (unpaired) electrons. The van der Waals surface area contributed by atoms with Crippen LogP contribution >= 0.6 is 0 Å². The minimum Gasteiger partial charge on any atom is -0.360 e. The number of H-pyrrole nitrogens is 1. The molecule has 1 aromatic heterocycles. The topological polar surface area (TPSA) is 48.5 Å². The number of aromatic nitrogens is 1. The number of hydrogen-bond acceptors (Lipinski definition) is 2. The van der Waals surface area contributed by atoms with E-state index in [1.54, 1.807) is 11.9 Å². The van der Waals surface area contributed by atoms with Crippen molar-refractivity contribution < 1.29 is 4.79 Å². The van der Waals surface area contributed by atoms with Gasteiger partial charge < -0.3 is 4.98 Å². The van der Waals surface area contributed by atoms with Crippen molar-refractivity contribution in [2.24, 2.45) is 5.10 Å². The van der Waals surface area contributed by atoms with Crippen molar-refractivity contribution in [1.82, 2.24) is 9.99 Å². The summed E-state index contributed by atoms with van der Waals surface area (Å²) in [6.45, 7) is 3.64. The summed E-state index contributed by atoms with van der Waals surface area (Å²) in [5.41, 5.74) is 5.45. The first-order valence-corrected chi connectivity index (χ1v) is 8.14. The van der Waals surface area contributed by atoms with E-state index in [1.165, 1.54) is 5.56 Å². The summed E-state index contributed by atoms with van der Waals surface area (Å²) < 4.78 is 0. The van der Waals surface area contributed by atoms with Gasteiger partial charge in [0.05, 0.1) is 11.8 Å². The molecule has 1 aliphatic rings. The molecule has 24 heavy (non-hydrogen) atoms. The second-order valence-electron chi connectivity index (χ2n) is 6.29. The average Bonchev–Trinajstić information content (AvgIpc) is 3.19. The maximum atomic E-state index is 12.1. The lowest BCUT2D eigenvalue weighted by Crippen LogP contribution is -2.24. The second-order valence-corrected chi connectivity index (χ2v) is 6.29. The second kappa shape index (κ2) is 5.64. The summed E-state index contributed by atoms with van der Waals surface area (Å²) in [6, 6.07) is 16.5. The highest BCUT2D eigenvalue weighted by molar-refractivity contribution is 6.12. The van der Waals surface area contributed by atoms with Crippen LogP contribution in [-0.2, 0) is 4.79 Å². The van der Waals surface area contributed by atoms with Crippen molar-refractivity contribution in [3.8, 4) is 0 Å². The zero-order valence-corrected chi connectivity index (χ0v) is 13.8. The summed E-state index contributed by atoms with van der Waals surface area (Å²) in [4.78, 5) is 15.4. The molecule has 4 nitrogen and oxygen atoms in total. The molecule has 0 fully saturated rings. The number of carbonyl (C=O) groups is 1. The molecule has 0 bridgehead atoms. The minimum absolute atomic E-state index is 0.0320. The number of aryl methyl sites for hydroxylation is 1. The third kappa shape index (κ3) is 2.40. The first kappa shape index (κ1) is 14.7. The van der Waals surface area contributed by atoms with Gasteiger partial charge >= 0.3 is 0 Å². The van der Waals surface area contributed by atoms with Crippen LogP contribution in [0, 0.1) is 6.92 Å². The molecule has 3 aromatic rings. The van der Waals surface area contributed by atoms with E-state index in [9.17, 15) is 4.79 Å². The number of para-hydroxylation sites is 1. The van der Waals surface area contributed by atoms with Gasteiger partial charge in [-0.1, -0.05) is 48.0 Å². The Morgan fingerprint density at radius 2 is 1.92 bits per heavy atom. The van der Waals surface area contributed by atoms with Gasteiger partial charge in [-0.15, -0.1) is 0 Å². The number of aromatic amines is 1. The number of carbonyl (C=O) groups excluding carboxylic acids is 1. The molecule has 2 heterocycles. The molecule has 2 aromatic carbocycles. The van der Waals surface area contributed by atoms with E-state index in [1.807, 2.05) is 18.3 Å². The van der Waals surface area contributed by atoms with Crippen molar-refractivity contribution >= 4 is 22.5 Å². The van der Waals surface area contributed by atoms with Gasteiger partial charge in [0.25, 0.3) is 0 Å². The number of nitrogens with zero attached hydrogens (tertiary/aromatic N) is 2. The molecule has 0 saturated heterocycles. The maximum Gasteiger partial charge on any atom is 0.240 e. The summed E-state index contributed by atoms with van der Waals surface area (Å²) in [6.07, 6.45) is 2.71. The van der Waals surface area contributed by atoms with E-state index in [4.69, 9.17) is 0 Å². The Morgan fingerprint density at radius 3 is 2.67 bits per heavy atom. The predicted molar refractivity (Wildman–Crippen MR) is 95.9 cm³/mol. The minimum atomic E-state index is -0.0354. The molecule has 1 amide bonds. The van der Waals surface area contributed by atoms with Crippen molar-refractivity contribution in [1.29, 1.82) is 0 Å². The van der Waals surface area contributed by atoms with Crippen molar-refractivity contribution in [2.45, 2.75) is 26.3 Å². The van der Waals surface area contributed by atoms with E-state index >= 15 is 0 Å². The summed E-state index contributed by atoms with van der Waals surface area (Å²) in [5.74, 6) is -0.0320. The molecule has 1 unspecified atom stereocenters. The third-order valence-electron chi connectivity index (χ3n) is 4.60. The number of nitrogens with one attached hydrogen (secondary N) is 1. The Balaban J connectivity index is 1.74. The van der Waals surface area contributed by atoms with E-state index in [2.05, 4.69) is 53.4 Å². The maximum absolute atomic E-state index is 12.1. The van der Waals surface area contributed by atoms with Crippen LogP contribution in [0.5, 0.6) is 0 Å². The van der Waals surface area contributed by atoms with Gasteiger partial charge in [-0.2, -0.15) is 5.10 Å². The van der Waals surface area contributed by atoms with E-state index in [0.29, 0.717) is 0 Å². The van der Waals surface area contributed by atoms with Gasteiger partial charge in [-0.25, -0.2) is 5.01 Å². The number of hydrazone groups is 1. The molecule has 0 saturated carbocycles. The average molecular weight is 317 g/mol. The van der Waals surface area contributed by atoms with Crippen LogP contribution in [0.1, 0.15) is 36.1 Å². The van der Waals surface area contributed by atoms with Crippen LogP contribution in [0.4, 0.5) is 0 Å². The molecular weight excluding hydrogens is 298 g/mol.